The summed E-state index contributed by atoms with van der Waals surface area (Å²) in [7, 11) is 1.45. The van der Waals surface area contributed by atoms with Crippen molar-refractivity contribution in [2.45, 2.75) is 25.8 Å². The van der Waals surface area contributed by atoms with Crippen LogP contribution in [0.4, 0.5) is 0 Å². The van der Waals surface area contributed by atoms with E-state index in [9.17, 15) is 9.59 Å². The summed E-state index contributed by atoms with van der Waals surface area (Å²) in [5.74, 6) is -1.81. The van der Waals surface area contributed by atoms with Crippen molar-refractivity contribution in [2.75, 3.05) is 13.7 Å². The Bertz CT molecular complexity index is 250. The highest BCUT2D eigenvalue weighted by Crippen LogP contribution is 2.03. The predicted octanol–water partition coefficient (Wildman–Crippen LogP) is 0.558. The van der Waals surface area contributed by atoms with E-state index in [1.54, 1.807) is 0 Å². The van der Waals surface area contributed by atoms with Gasteiger partial charge in [0.05, 0.1) is 12.2 Å². The van der Waals surface area contributed by atoms with Crippen LogP contribution in [0.15, 0.2) is 12.2 Å². The fourth-order valence-corrected chi connectivity index (χ4v) is 0.967. The van der Waals surface area contributed by atoms with Gasteiger partial charge in [-0.1, -0.05) is 19.9 Å². The molecule has 0 heterocycles. The average molecular weight is 215 g/mol. The maximum absolute atomic E-state index is 11.3. The van der Waals surface area contributed by atoms with Crippen LogP contribution in [-0.4, -0.2) is 36.7 Å². The van der Waals surface area contributed by atoms with E-state index in [2.05, 4.69) is 11.9 Å². The molecule has 0 aliphatic carbocycles. The molecular weight excluding hydrogens is 198 g/mol. The molecule has 0 aliphatic rings. The van der Waals surface area contributed by atoms with Gasteiger partial charge in [0.1, 0.15) is 6.04 Å². The van der Waals surface area contributed by atoms with E-state index in [1.165, 1.54) is 7.05 Å². The van der Waals surface area contributed by atoms with E-state index in [0.29, 0.717) is 6.61 Å². The van der Waals surface area contributed by atoms with Crippen LogP contribution in [0.3, 0.4) is 0 Å². The molecule has 0 aromatic rings. The van der Waals surface area contributed by atoms with Gasteiger partial charge >= 0.3 is 11.9 Å². The average Bonchev–Trinajstić information content (AvgIpc) is 2.18. The number of unbranched alkanes of at least 4 members (excludes halogenated alkanes) is 1. The van der Waals surface area contributed by atoms with Gasteiger partial charge in [-0.2, -0.15) is 0 Å². The summed E-state index contributed by atoms with van der Waals surface area (Å²) in [6.45, 7) is 5.67. The smallest absolute Gasteiger partial charge is 0.335 e. The lowest BCUT2D eigenvalue weighted by Gasteiger charge is -2.13. The molecule has 0 fully saturated rings. The second kappa shape index (κ2) is 7.00. The van der Waals surface area contributed by atoms with Gasteiger partial charge in [0.15, 0.2) is 0 Å². The van der Waals surface area contributed by atoms with Crippen LogP contribution >= 0.6 is 0 Å². The third-order valence-corrected chi connectivity index (χ3v) is 1.88. The van der Waals surface area contributed by atoms with Gasteiger partial charge in [-0.05, 0) is 13.5 Å². The molecule has 0 bridgehead atoms. The molecule has 15 heavy (non-hydrogen) atoms. The number of carbonyl (C=O) groups is 2. The van der Waals surface area contributed by atoms with E-state index in [1.807, 2.05) is 6.92 Å². The Hall–Kier alpha value is -1.36. The van der Waals surface area contributed by atoms with Crippen LogP contribution in [0.1, 0.15) is 19.8 Å². The highest BCUT2D eigenvalue weighted by Gasteiger charge is 2.24. The zero-order valence-electron chi connectivity index (χ0n) is 9.08. The maximum Gasteiger partial charge on any atom is 0.335 e. The van der Waals surface area contributed by atoms with E-state index in [4.69, 9.17) is 9.84 Å². The molecule has 0 rings (SSSR count). The van der Waals surface area contributed by atoms with Gasteiger partial charge in [-0.3, -0.25) is 4.79 Å². The van der Waals surface area contributed by atoms with Crippen molar-refractivity contribution in [2.24, 2.45) is 0 Å². The molecule has 0 spiro atoms. The Morgan fingerprint density at radius 2 is 2.13 bits per heavy atom. The summed E-state index contributed by atoms with van der Waals surface area (Å²) in [5.41, 5.74) is -0.0823. The highest BCUT2D eigenvalue weighted by molar-refractivity contribution is 5.96. The zero-order chi connectivity index (χ0) is 11.8. The summed E-state index contributed by atoms with van der Waals surface area (Å²) in [6.07, 6.45) is 1.67. The van der Waals surface area contributed by atoms with Gasteiger partial charge in [0, 0.05) is 0 Å². The van der Waals surface area contributed by atoms with Crippen molar-refractivity contribution in [3.8, 4) is 0 Å². The highest BCUT2D eigenvalue weighted by atomic mass is 16.5. The molecule has 86 valence electrons. The van der Waals surface area contributed by atoms with Gasteiger partial charge < -0.3 is 15.2 Å². The number of esters is 1. The molecule has 0 aliphatic heterocycles. The largest absolute Gasteiger partial charge is 0.480 e. The lowest BCUT2D eigenvalue weighted by molar-refractivity contribution is -0.144. The first-order valence-electron chi connectivity index (χ1n) is 4.80. The lowest BCUT2D eigenvalue weighted by Crippen LogP contribution is -2.38. The number of hydrogen-bond acceptors (Lipinski definition) is 4. The summed E-state index contributed by atoms with van der Waals surface area (Å²) >= 11 is 0. The number of likely N-dealkylation sites (N-methyl/N-ethyl adjacent to an activating group) is 1. The monoisotopic (exact) mass is 215 g/mol. The van der Waals surface area contributed by atoms with Gasteiger partial charge in [0.2, 0.25) is 0 Å². The molecule has 0 unspecified atom stereocenters. The normalized spacial score (nSPS) is 11.9. The minimum atomic E-state index is -1.14. The quantitative estimate of drug-likeness (QED) is 0.368. The molecule has 0 saturated heterocycles. The standard InChI is InChI=1S/C10H17NO4/c1-4-5-6-15-10(14)7(2)8(11-3)9(12)13/h8,11H,2,4-6H2,1,3H3,(H,12,13)/t8-/m0/s1. The first-order chi connectivity index (χ1) is 7.04. The van der Waals surface area contributed by atoms with Crippen molar-refractivity contribution >= 4 is 11.9 Å². The molecule has 1 atom stereocenters. The number of ether oxygens (including phenoxy) is 1. The minimum absolute atomic E-state index is 0.0823. The number of nitrogens with one attached hydrogen (secondary N) is 1. The summed E-state index contributed by atoms with van der Waals surface area (Å²) in [5, 5.41) is 11.2. The molecule has 2 N–H and O–H groups in total. The van der Waals surface area contributed by atoms with E-state index >= 15 is 0 Å². The van der Waals surface area contributed by atoms with Crippen molar-refractivity contribution < 1.29 is 19.4 Å². The molecule has 0 radical (unpaired) electrons. The molecule has 0 amide bonds. The lowest BCUT2D eigenvalue weighted by atomic mass is 10.1. The Morgan fingerprint density at radius 3 is 2.53 bits per heavy atom. The SMILES string of the molecule is C=C(C(=O)OCCCC)[C@H](NC)C(=O)O. The summed E-state index contributed by atoms with van der Waals surface area (Å²) in [4.78, 5) is 22.0. The van der Waals surface area contributed by atoms with Crippen molar-refractivity contribution in [3.05, 3.63) is 12.2 Å². The van der Waals surface area contributed by atoms with Gasteiger partial charge in [-0.25, -0.2) is 4.79 Å². The molecular formula is C10H17NO4. The molecule has 5 nitrogen and oxygen atoms in total. The molecule has 0 aromatic heterocycles. The topological polar surface area (TPSA) is 75.6 Å². The minimum Gasteiger partial charge on any atom is -0.480 e. The van der Waals surface area contributed by atoms with Gasteiger partial charge in [0.25, 0.3) is 0 Å². The molecule has 0 aromatic carbocycles. The fourth-order valence-electron chi connectivity index (χ4n) is 0.967. The molecule has 5 heteroatoms. The number of carbonyl (C=O) groups excluding carboxylic acids is 1. The van der Waals surface area contributed by atoms with Crippen molar-refractivity contribution in [1.29, 1.82) is 0 Å². The molecule has 0 saturated carbocycles. The third kappa shape index (κ3) is 4.60. The predicted molar refractivity (Wildman–Crippen MR) is 55.5 cm³/mol. The summed E-state index contributed by atoms with van der Waals surface area (Å²) < 4.78 is 4.84. The van der Waals surface area contributed by atoms with E-state index in [0.717, 1.165) is 12.8 Å². The maximum atomic E-state index is 11.3. The van der Waals surface area contributed by atoms with Crippen molar-refractivity contribution in [1.82, 2.24) is 5.32 Å². The number of aliphatic carboxylic acids is 1. The van der Waals surface area contributed by atoms with Crippen molar-refractivity contribution in [3.63, 3.8) is 0 Å². The fraction of sp³-hybridized carbons (Fsp3) is 0.600. The van der Waals surface area contributed by atoms with Gasteiger partial charge in [-0.15, -0.1) is 0 Å². The second-order valence-corrected chi connectivity index (χ2v) is 3.07. The summed E-state index contributed by atoms with van der Waals surface area (Å²) in [6, 6.07) is -1.08. The first-order valence-corrected chi connectivity index (χ1v) is 4.80. The van der Waals surface area contributed by atoms with Crippen LogP contribution in [0.25, 0.3) is 0 Å². The second-order valence-electron chi connectivity index (χ2n) is 3.07. The Kier molecular flexibility index (Phi) is 6.37. The Balaban J connectivity index is 4.17. The van der Waals surface area contributed by atoms with Crippen LogP contribution < -0.4 is 5.32 Å². The van der Waals surface area contributed by atoms with E-state index < -0.39 is 18.0 Å². The third-order valence-electron chi connectivity index (χ3n) is 1.88. The van der Waals surface area contributed by atoms with Crippen LogP contribution in [0.5, 0.6) is 0 Å². The Morgan fingerprint density at radius 1 is 1.53 bits per heavy atom. The van der Waals surface area contributed by atoms with E-state index in [-0.39, 0.29) is 5.57 Å². The Labute approximate surface area is 89.1 Å². The van der Waals surface area contributed by atoms with Crippen LogP contribution in [0.2, 0.25) is 0 Å². The van der Waals surface area contributed by atoms with Crippen LogP contribution in [-0.2, 0) is 14.3 Å². The number of carboxylic acid groups (broad SMARTS) is 1. The zero-order valence-corrected chi connectivity index (χ0v) is 9.08. The number of hydrogen-bond donors (Lipinski definition) is 2. The number of carboxylic acids is 1. The first kappa shape index (κ1) is 13.6. The number of rotatable bonds is 7. The van der Waals surface area contributed by atoms with Crippen LogP contribution in [0, 0.1) is 0 Å².